The number of hydrogen-bond acceptors (Lipinski definition) is 4. The quantitative estimate of drug-likeness (QED) is 0.829. The molecular weight excluding hydrogens is 356 g/mol. The zero-order chi connectivity index (χ0) is 18.8. The number of halogens is 1. The standard InChI is InChI=1S/C19H15ClN2O4/c1-11-15(9-12-4-3-5-14(8-12)26-2)18(23)22(21-11)13-6-7-17(20)16(10-13)19(24)25/h3-10H,1-2H3,(H,24,25). The number of aromatic carboxylic acids is 1. The van der Waals surface area contributed by atoms with Crippen LogP contribution in [0, 0.1) is 0 Å². The summed E-state index contributed by atoms with van der Waals surface area (Å²) in [6.45, 7) is 1.72. The fourth-order valence-electron chi connectivity index (χ4n) is 2.57. The number of carbonyl (C=O) groups is 2. The highest BCUT2D eigenvalue weighted by Crippen LogP contribution is 2.29. The van der Waals surface area contributed by atoms with Crippen LogP contribution in [0.3, 0.4) is 0 Å². The maximum Gasteiger partial charge on any atom is 0.337 e. The Hall–Kier alpha value is -3.12. The van der Waals surface area contributed by atoms with Gasteiger partial charge in [-0.25, -0.2) is 4.79 Å². The van der Waals surface area contributed by atoms with Gasteiger partial charge in [0.25, 0.3) is 5.91 Å². The van der Waals surface area contributed by atoms with Crippen LogP contribution in [0.25, 0.3) is 6.08 Å². The molecule has 7 heteroatoms. The molecule has 26 heavy (non-hydrogen) atoms. The van der Waals surface area contributed by atoms with E-state index >= 15 is 0 Å². The zero-order valence-electron chi connectivity index (χ0n) is 14.1. The molecule has 0 spiro atoms. The van der Waals surface area contributed by atoms with E-state index < -0.39 is 5.97 Å². The third-order valence-electron chi connectivity index (χ3n) is 3.89. The minimum atomic E-state index is -1.17. The normalized spacial score (nSPS) is 15.3. The van der Waals surface area contributed by atoms with Gasteiger partial charge in [0.15, 0.2) is 0 Å². The van der Waals surface area contributed by atoms with Gasteiger partial charge < -0.3 is 9.84 Å². The van der Waals surface area contributed by atoms with Crippen LogP contribution in [0.2, 0.25) is 5.02 Å². The Kier molecular flexibility index (Phi) is 4.77. The number of hydrogen-bond donors (Lipinski definition) is 1. The van der Waals surface area contributed by atoms with Gasteiger partial charge in [0, 0.05) is 0 Å². The number of rotatable bonds is 4. The SMILES string of the molecule is COc1cccc(C=C2C(=O)N(c3ccc(Cl)c(C(=O)O)c3)N=C2C)c1. The van der Waals surface area contributed by atoms with Gasteiger partial charge in [-0.1, -0.05) is 23.7 Å². The molecule has 1 aliphatic rings. The topological polar surface area (TPSA) is 79.2 Å². The van der Waals surface area contributed by atoms with Crippen LogP contribution in [0.4, 0.5) is 5.69 Å². The van der Waals surface area contributed by atoms with Gasteiger partial charge in [-0.15, -0.1) is 0 Å². The van der Waals surface area contributed by atoms with E-state index in [1.807, 2.05) is 18.2 Å². The van der Waals surface area contributed by atoms with Crippen LogP contribution in [0.5, 0.6) is 5.75 Å². The Morgan fingerprint density at radius 3 is 2.73 bits per heavy atom. The molecule has 6 nitrogen and oxygen atoms in total. The highest BCUT2D eigenvalue weighted by atomic mass is 35.5. The number of benzene rings is 2. The van der Waals surface area contributed by atoms with Crippen LogP contribution in [0.1, 0.15) is 22.8 Å². The van der Waals surface area contributed by atoms with Gasteiger partial charge in [-0.05, 0) is 48.9 Å². The molecule has 1 heterocycles. The molecule has 132 valence electrons. The Morgan fingerprint density at radius 1 is 1.27 bits per heavy atom. The number of nitrogens with zero attached hydrogens (tertiary/aromatic N) is 2. The first-order valence-corrected chi connectivity index (χ1v) is 8.07. The van der Waals surface area contributed by atoms with Crippen molar-refractivity contribution in [2.75, 3.05) is 12.1 Å². The van der Waals surface area contributed by atoms with Crippen molar-refractivity contribution in [1.29, 1.82) is 0 Å². The average molecular weight is 371 g/mol. The van der Waals surface area contributed by atoms with Crippen molar-refractivity contribution in [3.05, 3.63) is 64.2 Å². The first kappa shape index (κ1) is 17.7. The second kappa shape index (κ2) is 7.01. The lowest BCUT2D eigenvalue weighted by molar-refractivity contribution is -0.114. The van der Waals surface area contributed by atoms with E-state index in [0.29, 0.717) is 22.7 Å². The van der Waals surface area contributed by atoms with Crippen molar-refractivity contribution in [2.24, 2.45) is 5.10 Å². The van der Waals surface area contributed by atoms with Crippen LogP contribution in [-0.4, -0.2) is 29.8 Å². The highest BCUT2D eigenvalue weighted by Gasteiger charge is 2.29. The number of anilines is 1. The smallest absolute Gasteiger partial charge is 0.337 e. The number of carboxylic acids is 1. The monoisotopic (exact) mass is 370 g/mol. The lowest BCUT2D eigenvalue weighted by atomic mass is 10.1. The summed E-state index contributed by atoms with van der Waals surface area (Å²) >= 11 is 5.88. The van der Waals surface area contributed by atoms with Gasteiger partial charge in [-0.2, -0.15) is 10.1 Å². The number of hydrazone groups is 1. The van der Waals surface area contributed by atoms with Gasteiger partial charge in [0.1, 0.15) is 5.75 Å². The van der Waals surface area contributed by atoms with E-state index in [9.17, 15) is 14.7 Å². The fraction of sp³-hybridized carbons (Fsp3) is 0.105. The summed E-state index contributed by atoms with van der Waals surface area (Å²) in [5.41, 5.74) is 2.00. The summed E-state index contributed by atoms with van der Waals surface area (Å²) in [4.78, 5) is 24.0. The molecule has 0 saturated heterocycles. The molecule has 0 bridgehead atoms. The molecule has 0 saturated carbocycles. The van der Waals surface area contributed by atoms with E-state index in [1.165, 1.54) is 17.1 Å². The van der Waals surface area contributed by atoms with E-state index in [-0.39, 0.29) is 16.5 Å². The summed E-state index contributed by atoms with van der Waals surface area (Å²) in [7, 11) is 1.57. The van der Waals surface area contributed by atoms with Crippen molar-refractivity contribution in [3.8, 4) is 5.75 Å². The molecule has 0 unspecified atom stereocenters. The maximum atomic E-state index is 12.8. The van der Waals surface area contributed by atoms with Crippen molar-refractivity contribution in [3.63, 3.8) is 0 Å². The third-order valence-corrected chi connectivity index (χ3v) is 4.22. The van der Waals surface area contributed by atoms with E-state index in [0.717, 1.165) is 5.56 Å². The molecule has 0 aromatic heterocycles. The Bertz CT molecular complexity index is 966. The second-order valence-corrected chi connectivity index (χ2v) is 6.01. The first-order chi connectivity index (χ1) is 12.4. The van der Waals surface area contributed by atoms with E-state index in [4.69, 9.17) is 16.3 Å². The number of amides is 1. The summed E-state index contributed by atoms with van der Waals surface area (Å²) in [6.07, 6.45) is 1.72. The molecule has 2 aromatic carbocycles. The van der Waals surface area contributed by atoms with Gasteiger partial charge >= 0.3 is 5.97 Å². The summed E-state index contributed by atoms with van der Waals surface area (Å²) in [6, 6.07) is 11.6. The number of methoxy groups -OCH3 is 1. The number of carbonyl (C=O) groups excluding carboxylic acids is 1. The predicted molar refractivity (Wildman–Crippen MR) is 100.0 cm³/mol. The molecule has 3 rings (SSSR count). The van der Waals surface area contributed by atoms with Gasteiger partial charge in [-0.3, -0.25) is 4.79 Å². The second-order valence-electron chi connectivity index (χ2n) is 5.61. The Labute approximate surface area is 155 Å². The molecular formula is C19H15ClN2O4. The maximum absolute atomic E-state index is 12.8. The molecule has 0 fully saturated rings. The third kappa shape index (κ3) is 3.32. The van der Waals surface area contributed by atoms with Crippen LogP contribution in [0.15, 0.2) is 53.1 Å². The largest absolute Gasteiger partial charge is 0.497 e. The molecule has 1 aliphatic heterocycles. The van der Waals surface area contributed by atoms with Crippen molar-refractivity contribution in [2.45, 2.75) is 6.92 Å². The van der Waals surface area contributed by atoms with Crippen molar-refractivity contribution < 1.29 is 19.4 Å². The summed E-state index contributed by atoms with van der Waals surface area (Å²) < 4.78 is 5.19. The first-order valence-electron chi connectivity index (χ1n) is 7.69. The fourth-order valence-corrected chi connectivity index (χ4v) is 2.76. The Morgan fingerprint density at radius 2 is 2.04 bits per heavy atom. The minimum Gasteiger partial charge on any atom is -0.497 e. The lowest BCUT2D eigenvalue weighted by Crippen LogP contribution is -2.21. The van der Waals surface area contributed by atoms with Crippen LogP contribution >= 0.6 is 11.6 Å². The van der Waals surface area contributed by atoms with Crippen molar-refractivity contribution in [1.82, 2.24) is 0 Å². The van der Waals surface area contributed by atoms with Crippen LogP contribution in [-0.2, 0) is 4.79 Å². The van der Waals surface area contributed by atoms with E-state index in [1.54, 1.807) is 32.2 Å². The molecule has 1 N–H and O–H groups in total. The van der Waals surface area contributed by atoms with Crippen LogP contribution < -0.4 is 9.75 Å². The minimum absolute atomic E-state index is 0.0879. The molecule has 0 atom stereocenters. The zero-order valence-corrected chi connectivity index (χ0v) is 14.8. The van der Waals surface area contributed by atoms with Gasteiger partial charge in [0.05, 0.1) is 34.7 Å². The Balaban J connectivity index is 1.97. The van der Waals surface area contributed by atoms with Gasteiger partial charge in [0.2, 0.25) is 0 Å². The van der Waals surface area contributed by atoms with Crippen molar-refractivity contribution >= 4 is 41.0 Å². The lowest BCUT2D eigenvalue weighted by Gasteiger charge is -2.13. The highest BCUT2D eigenvalue weighted by molar-refractivity contribution is 6.34. The molecule has 1 amide bonds. The summed E-state index contributed by atoms with van der Waals surface area (Å²) in [5, 5.41) is 14.7. The predicted octanol–water partition coefficient (Wildman–Crippen LogP) is 3.85. The molecule has 0 aliphatic carbocycles. The number of carboxylic acid groups (broad SMARTS) is 1. The summed E-state index contributed by atoms with van der Waals surface area (Å²) in [5.74, 6) is -0.833. The molecule has 0 radical (unpaired) electrons. The molecule has 2 aromatic rings. The number of ether oxygens (including phenoxy) is 1. The van der Waals surface area contributed by atoms with E-state index in [2.05, 4.69) is 5.10 Å². The average Bonchev–Trinajstić information content (AvgIpc) is 2.90.